The van der Waals surface area contributed by atoms with E-state index in [2.05, 4.69) is 10.1 Å². The van der Waals surface area contributed by atoms with Crippen LogP contribution in [0.1, 0.15) is 50.2 Å². The normalized spacial score (nSPS) is 24.1. The van der Waals surface area contributed by atoms with Crippen LogP contribution in [-0.2, 0) is 22.4 Å². The van der Waals surface area contributed by atoms with Crippen LogP contribution in [0.25, 0.3) is 0 Å². The Balaban J connectivity index is 1.53. The first-order valence-corrected chi connectivity index (χ1v) is 7.27. The summed E-state index contributed by atoms with van der Waals surface area (Å²) >= 11 is 0. The Bertz CT molecular complexity index is 432. The van der Waals surface area contributed by atoms with Gasteiger partial charge < -0.3 is 9.26 Å². The first-order valence-electron chi connectivity index (χ1n) is 7.27. The molecule has 1 aromatic heterocycles. The van der Waals surface area contributed by atoms with Crippen LogP contribution in [0.4, 0.5) is 0 Å². The Kier molecular flexibility index (Phi) is 3.92. The Labute approximate surface area is 112 Å². The maximum Gasteiger partial charge on any atom is 0.234 e. The lowest BCUT2D eigenvalue weighted by atomic mass is 10.0. The van der Waals surface area contributed by atoms with Gasteiger partial charge in [0.05, 0.1) is 12.5 Å². The quantitative estimate of drug-likeness (QED) is 0.814. The number of aromatic nitrogens is 2. The third kappa shape index (κ3) is 3.21. The van der Waals surface area contributed by atoms with Crippen molar-refractivity contribution < 1.29 is 14.1 Å². The van der Waals surface area contributed by atoms with Gasteiger partial charge in [-0.2, -0.15) is 4.98 Å². The summed E-state index contributed by atoms with van der Waals surface area (Å²) in [4.78, 5) is 16.3. The summed E-state index contributed by atoms with van der Waals surface area (Å²) in [5.74, 6) is 1.60. The molecular formula is C14H20N2O3. The predicted octanol–water partition coefficient (Wildman–Crippen LogP) is 2.09. The molecule has 1 unspecified atom stereocenters. The number of carbonyl (C=O) groups excluding carboxylic acids is 1. The molecule has 104 valence electrons. The van der Waals surface area contributed by atoms with Crippen molar-refractivity contribution in [3.63, 3.8) is 0 Å². The van der Waals surface area contributed by atoms with Crippen molar-refractivity contribution in [2.45, 2.75) is 57.5 Å². The molecule has 0 N–H and O–H groups in total. The molecule has 5 heteroatoms. The highest BCUT2D eigenvalue weighted by Gasteiger charge is 2.25. The zero-order valence-corrected chi connectivity index (χ0v) is 11.1. The van der Waals surface area contributed by atoms with E-state index in [9.17, 15) is 4.79 Å². The number of carbonyl (C=O) groups is 1. The van der Waals surface area contributed by atoms with E-state index in [4.69, 9.17) is 9.26 Å². The standard InChI is InChI=1S/C14H20N2O3/c17-12(10-4-1-2-5-10)9-14-15-13(16-19-14)8-11-6-3-7-18-11/h10-11H,1-9H2. The lowest BCUT2D eigenvalue weighted by Gasteiger charge is -2.04. The lowest BCUT2D eigenvalue weighted by molar-refractivity contribution is -0.122. The molecule has 1 saturated heterocycles. The molecule has 2 fully saturated rings. The average Bonchev–Trinajstić information content (AvgIpc) is 3.10. The molecule has 0 spiro atoms. The van der Waals surface area contributed by atoms with E-state index in [-0.39, 0.29) is 17.8 Å². The summed E-state index contributed by atoms with van der Waals surface area (Å²) in [5, 5.41) is 3.94. The van der Waals surface area contributed by atoms with Crippen molar-refractivity contribution >= 4 is 5.78 Å². The van der Waals surface area contributed by atoms with Crippen molar-refractivity contribution in [1.82, 2.24) is 10.1 Å². The highest BCUT2D eigenvalue weighted by molar-refractivity contribution is 5.82. The van der Waals surface area contributed by atoms with Crippen LogP contribution in [0, 0.1) is 5.92 Å². The SMILES string of the molecule is O=C(Cc1nc(CC2CCCO2)no1)C1CCCC1. The minimum absolute atomic E-state index is 0.216. The van der Waals surface area contributed by atoms with Gasteiger partial charge in [0.2, 0.25) is 5.89 Å². The maximum absolute atomic E-state index is 12.0. The Morgan fingerprint density at radius 1 is 1.21 bits per heavy atom. The zero-order chi connectivity index (χ0) is 13.1. The second kappa shape index (κ2) is 5.82. The largest absolute Gasteiger partial charge is 0.378 e. The Morgan fingerprint density at radius 2 is 2.05 bits per heavy atom. The summed E-state index contributed by atoms with van der Waals surface area (Å²) in [5.41, 5.74) is 0. The fraction of sp³-hybridized carbons (Fsp3) is 0.786. The average molecular weight is 264 g/mol. The van der Waals surface area contributed by atoms with Gasteiger partial charge in [0, 0.05) is 18.9 Å². The Hall–Kier alpha value is -1.23. The molecule has 0 bridgehead atoms. The van der Waals surface area contributed by atoms with Gasteiger partial charge in [-0.15, -0.1) is 0 Å². The third-order valence-electron chi connectivity index (χ3n) is 4.08. The van der Waals surface area contributed by atoms with Crippen LogP contribution in [0.2, 0.25) is 0 Å². The van der Waals surface area contributed by atoms with E-state index in [1.807, 2.05) is 0 Å². The predicted molar refractivity (Wildman–Crippen MR) is 67.6 cm³/mol. The monoisotopic (exact) mass is 264 g/mol. The summed E-state index contributed by atoms with van der Waals surface area (Å²) in [6, 6.07) is 0. The molecule has 0 amide bonds. The van der Waals surface area contributed by atoms with E-state index in [1.54, 1.807) is 0 Å². The Morgan fingerprint density at radius 3 is 2.79 bits per heavy atom. The number of hydrogen-bond acceptors (Lipinski definition) is 5. The van der Waals surface area contributed by atoms with Crippen molar-refractivity contribution in [1.29, 1.82) is 0 Å². The summed E-state index contributed by atoms with van der Waals surface area (Å²) in [6.45, 7) is 0.829. The van der Waals surface area contributed by atoms with E-state index < -0.39 is 0 Å². The van der Waals surface area contributed by atoms with Gasteiger partial charge in [0.15, 0.2) is 5.82 Å². The van der Waals surface area contributed by atoms with Gasteiger partial charge >= 0.3 is 0 Å². The highest BCUT2D eigenvalue weighted by Crippen LogP contribution is 2.26. The number of ketones is 1. The zero-order valence-electron chi connectivity index (χ0n) is 11.1. The van der Waals surface area contributed by atoms with E-state index in [0.29, 0.717) is 24.6 Å². The van der Waals surface area contributed by atoms with Gasteiger partial charge in [-0.3, -0.25) is 4.79 Å². The van der Waals surface area contributed by atoms with Crippen molar-refractivity contribution in [3.05, 3.63) is 11.7 Å². The smallest absolute Gasteiger partial charge is 0.234 e. The van der Waals surface area contributed by atoms with Crippen LogP contribution in [0.15, 0.2) is 4.52 Å². The topological polar surface area (TPSA) is 65.2 Å². The minimum atomic E-state index is 0.216. The number of hydrogen-bond donors (Lipinski definition) is 0. The second-order valence-corrected chi connectivity index (χ2v) is 5.57. The van der Waals surface area contributed by atoms with E-state index >= 15 is 0 Å². The molecule has 5 nitrogen and oxygen atoms in total. The van der Waals surface area contributed by atoms with E-state index in [1.165, 1.54) is 12.8 Å². The fourth-order valence-electron chi connectivity index (χ4n) is 2.99. The van der Waals surface area contributed by atoms with Crippen molar-refractivity contribution in [2.24, 2.45) is 5.92 Å². The molecule has 1 saturated carbocycles. The van der Waals surface area contributed by atoms with E-state index in [0.717, 1.165) is 32.3 Å². The molecule has 0 aromatic carbocycles. The molecule has 19 heavy (non-hydrogen) atoms. The van der Waals surface area contributed by atoms with Crippen LogP contribution in [-0.4, -0.2) is 28.6 Å². The summed E-state index contributed by atoms with van der Waals surface area (Å²) in [6.07, 6.45) is 7.77. The number of nitrogens with zero attached hydrogens (tertiary/aromatic N) is 2. The van der Waals surface area contributed by atoms with Gasteiger partial charge in [-0.25, -0.2) is 0 Å². The molecule has 1 aliphatic heterocycles. The van der Waals surface area contributed by atoms with Crippen LogP contribution in [0.5, 0.6) is 0 Å². The molecule has 2 heterocycles. The van der Waals surface area contributed by atoms with Gasteiger partial charge in [0.1, 0.15) is 5.78 Å². The molecular weight excluding hydrogens is 244 g/mol. The molecule has 3 rings (SSSR count). The van der Waals surface area contributed by atoms with Crippen molar-refractivity contribution in [3.8, 4) is 0 Å². The molecule has 0 radical (unpaired) electrons. The first kappa shape index (κ1) is 12.8. The van der Waals surface area contributed by atoms with Gasteiger partial charge in [-0.1, -0.05) is 18.0 Å². The summed E-state index contributed by atoms with van der Waals surface area (Å²) < 4.78 is 10.7. The van der Waals surface area contributed by atoms with Crippen LogP contribution >= 0.6 is 0 Å². The third-order valence-corrected chi connectivity index (χ3v) is 4.08. The highest BCUT2D eigenvalue weighted by atomic mass is 16.5. The van der Waals surface area contributed by atoms with Crippen molar-refractivity contribution in [2.75, 3.05) is 6.61 Å². The van der Waals surface area contributed by atoms with Gasteiger partial charge in [0.25, 0.3) is 0 Å². The minimum Gasteiger partial charge on any atom is -0.378 e. The van der Waals surface area contributed by atoms with Gasteiger partial charge in [-0.05, 0) is 25.7 Å². The number of rotatable bonds is 5. The number of Topliss-reactive ketones (excluding diaryl/α,β-unsaturated/α-hetero) is 1. The second-order valence-electron chi connectivity index (χ2n) is 5.57. The first-order chi connectivity index (χ1) is 9.31. The lowest BCUT2D eigenvalue weighted by Crippen LogP contribution is -2.14. The molecule has 2 aliphatic rings. The van der Waals surface area contributed by atoms with Crippen LogP contribution in [0.3, 0.4) is 0 Å². The number of ether oxygens (including phenoxy) is 1. The summed E-state index contributed by atoms with van der Waals surface area (Å²) in [7, 11) is 0. The molecule has 1 aromatic rings. The fourth-order valence-corrected chi connectivity index (χ4v) is 2.99. The molecule has 1 atom stereocenters. The molecule has 1 aliphatic carbocycles. The van der Waals surface area contributed by atoms with Crippen LogP contribution < -0.4 is 0 Å². The maximum atomic E-state index is 12.0.